The van der Waals surface area contributed by atoms with Gasteiger partial charge in [-0.2, -0.15) is 0 Å². The summed E-state index contributed by atoms with van der Waals surface area (Å²) in [4.78, 5) is 11.4. The van der Waals surface area contributed by atoms with Crippen molar-refractivity contribution in [2.75, 3.05) is 14.2 Å². The largest absolute Gasteiger partial charge is 0.469 e. The molecule has 0 radical (unpaired) electrons. The molecule has 3 heteroatoms. The molecule has 0 atom stereocenters. The number of rotatable bonds is 3. The van der Waals surface area contributed by atoms with Crippen LogP contribution in [0.1, 0.15) is 35.1 Å². The van der Waals surface area contributed by atoms with E-state index in [2.05, 4.69) is 5.32 Å². The van der Waals surface area contributed by atoms with Crippen LogP contribution in [0.2, 0.25) is 0 Å². The van der Waals surface area contributed by atoms with Crippen molar-refractivity contribution in [1.82, 2.24) is 5.32 Å². The molecule has 0 saturated heterocycles. The third-order valence-corrected chi connectivity index (χ3v) is 2.88. The van der Waals surface area contributed by atoms with Crippen molar-refractivity contribution in [3.05, 3.63) is 0 Å². The van der Waals surface area contributed by atoms with Gasteiger partial charge in [0.2, 0.25) is 0 Å². The zero-order valence-electron chi connectivity index (χ0n) is 8.82. The second-order valence-corrected chi connectivity index (χ2v) is 3.99. The fourth-order valence-corrected chi connectivity index (χ4v) is 0.823. The molecule has 0 heterocycles. The van der Waals surface area contributed by atoms with E-state index in [1.807, 2.05) is 34.7 Å². The van der Waals surface area contributed by atoms with Crippen LogP contribution in [0.4, 0.5) is 0 Å². The Labute approximate surface area is 81.9 Å². The van der Waals surface area contributed by atoms with E-state index in [4.69, 9.17) is 4.74 Å². The maximum absolute atomic E-state index is 11.4. The van der Waals surface area contributed by atoms with Crippen LogP contribution in [0.15, 0.2) is 0 Å². The maximum Gasteiger partial charge on any atom is 0.313 e. The predicted octanol–water partition coefficient (Wildman–Crippen LogP) is 1.82. The summed E-state index contributed by atoms with van der Waals surface area (Å²) in [6.45, 7) is 7.69. The third kappa shape index (κ3) is 2.69. The Kier molecular flexibility index (Phi) is 5.29. The second-order valence-electron chi connectivity index (χ2n) is 3.99. The predicted molar refractivity (Wildman–Crippen MR) is 55.7 cm³/mol. The molecule has 0 aromatic carbocycles. The average molecular weight is 189 g/mol. The summed E-state index contributed by atoms with van der Waals surface area (Å²) in [5.41, 5.74) is -0.781. The molecule has 0 unspecified atom stereocenters. The van der Waals surface area contributed by atoms with Gasteiger partial charge in [0, 0.05) is 5.54 Å². The quantitative estimate of drug-likeness (QED) is 0.688. The highest BCUT2D eigenvalue weighted by Gasteiger charge is 2.43. The molecule has 0 aliphatic heterocycles. The van der Waals surface area contributed by atoms with Crippen molar-refractivity contribution < 1.29 is 9.53 Å². The minimum atomic E-state index is -0.517. The Balaban J connectivity index is 0. The first-order valence-electron chi connectivity index (χ1n) is 4.07. The van der Waals surface area contributed by atoms with Gasteiger partial charge in [0.1, 0.15) is 0 Å². The lowest BCUT2D eigenvalue weighted by molar-refractivity contribution is -0.154. The van der Waals surface area contributed by atoms with Crippen molar-refractivity contribution in [3.63, 3.8) is 0 Å². The summed E-state index contributed by atoms with van der Waals surface area (Å²) in [6.07, 6.45) is 0. The number of hydrogen-bond donors (Lipinski definition) is 1. The number of hydrogen-bond acceptors (Lipinski definition) is 3. The van der Waals surface area contributed by atoms with Crippen molar-refractivity contribution in [3.8, 4) is 0 Å². The number of esters is 1. The smallest absolute Gasteiger partial charge is 0.313 e. The normalized spacial score (nSPS) is 11.8. The molecule has 0 aliphatic rings. The molecule has 0 bridgehead atoms. The molecular weight excluding hydrogens is 166 g/mol. The summed E-state index contributed by atoms with van der Waals surface area (Å²) < 4.78 is 4.72. The molecular formula is C10H23NO2. The molecule has 0 spiro atoms. The van der Waals surface area contributed by atoms with Crippen LogP contribution in [0, 0.1) is 5.41 Å². The van der Waals surface area contributed by atoms with Gasteiger partial charge in [0.05, 0.1) is 12.5 Å². The summed E-state index contributed by atoms with van der Waals surface area (Å²) in [6, 6.07) is 0. The van der Waals surface area contributed by atoms with E-state index >= 15 is 0 Å². The lowest BCUT2D eigenvalue weighted by atomic mass is 9.74. The number of carbonyl (C=O) groups is 1. The Morgan fingerprint density at radius 2 is 1.62 bits per heavy atom. The average Bonchev–Trinajstić information content (AvgIpc) is 2.02. The van der Waals surface area contributed by atoms with Crippen LogP contribution in [-0.2, 0) is 9.53 Å². The van der Waals surface area contributed by atoms with Gasteiger partial charge in [-0.05, 0) is 34.7 Å². The molecule has 0 aliphatic carbocycles. The van der Waals surface area contributed by atoms with Crippen LogP contribution in [-0.4, -0.2) is 25.7 Å². The SMILES string of the molecule is C.CNC(C)(C)C(C)(C)C(=O)OC. The standard InChI is InChI=1S/C9H19NO2.CH4/c1-8(2,7(11)12-6)9(3,4)10-5;/h10H,1-6H3;1H4. The highest BCUT2D eigenvalue weighted by atomic mass is 16.5. The Hall–Kier alpha value is -0.570. The first kappa shape index (κ1) is 14.9. The number of methoxy groups -OCH3 is 1. The van der Waals surface area contributed by atoms with Crippen molar-refractivity contribution in [2.45, 2.75) is 40.7 Å². The third-order valence-electron chi connectivity index (χ3n) is 2.88. The minimum absolute atomic E-state index is 0. The Morgan fingerprint density at radius 1 is 1.23 bits per heavy atom. The van der Waals surface area contributed by atoms with Gasteiger partial charge in [0.15, 0.2) is 0 Å². The lowest BCUT2D eigenvalue weighted by Crippen LogP contribution is -2.54. The first-order valence-corrected chi connectivity index (χ1v) is 4.07. The van der Waals surface area contributed by atoms with Gasteiger partial charge in [-0.1, -0.05) is 7.43 Å². The van der Waals surface area contributed by atoms with Gasteiger partial charge >= 0.3 is 5.97 Å². The van der Waals surface area contributed by atoms with Crippen molar-refractivity contribution >= 4 is 5.97 Å². The zero-order chi connectivity index (χ0) is 9.99. The molecule has 1 N–H and O–H groups in total. The summed E-state index contributed by atoms with van der Waals surface area (Å²) in [5.74, 6) is -0.193. The van der Waals surface area contributed by atoms with Crippen LogP contribution >= 0.6 is 0 Å². The molecule has 0 aromatic heterocycles. The van der Waals surface area contributed by atoms with Gasteiger partial charge in [-0.3, -0.25) is 4.79 Å². The van der Waals surface area contributed by atoms with Gasteiger partial charge in [-0.25, -0.2) is 0 Å². The van der Waals surface area contributed by atoms with Crippen LogP contribution in [0.25, 0.3) is 0 Å². The molecule has 0 fully saturated rings. The highest BCUT2D eigenvalue weighted by Crippen LogP contribution is 2.31. The first-order chi connectivity index (χ1) is 5.29. The monoisotopic (exact) mass is 189 g/mol. The van der Waals surface area contributed by atoms with Crippen molar-refractivity contribution in [1.29, 1.82) is 0 Å². The van der Waals surface area contributed by atoms with Crippen LogP contribution in [0.3, 0.4) is 0 Å². The van der Waals surface area contributed by atoms with Crippen LogP contribution < -0.4 is 5.32 Å². The zero-order valence-corrected chi connectivity index (χ0v) is 8.82. The van der Waals surface area contributed by atoms with E-state index in [0.29, 0.717) is 0 Å². The molecule has 80 valence electrons. The Bertz CT molecular complexity index is 174. The molecule has 0 saturated carbocycles. The number of carbonyl (C=O) groups excluding carboxylic acids is 1. The summed E-state index contributed by atoms with van der Waals surface area (Å²) in [5, 5.41) is 3.10. The van der Waals surface area contributed by atoms with E-state index in [1.165, 1.54) is 7.11 Å². The maximum atomic E-state index is 11.4. The van der Waals surface area contributed by atoms with E-state index in [1.54, 1.807) is 0 Å². The van der Waals surface area contributed by atoms with E-state index in [9.17, 15) is 4.79 Å². The Morgan fingerprint density at radius 3 is 1.85 bits per heavy atom. The molecule has 0 rings (SSSR count). The summed E-state index contributed by atoms with van der Waals surface area (Å²) >= 11 is 0. The fraction of sp³-hybridized carbons (Fsp3) is 0.900. The minimum Gasteiger partial charge on any atom is -0.469 e. The fourth-order valence-electron chi connectivity index (χ4n) is 0.823. The van der Waals surface area contributed by atoms with Gasteiger partial charge < -0.3 is 10.1 Å². The molecule has 0 amide bonds. The van der Waals surface area contributed by atoms with E-state index in [-0.39, 0.29) is 18.9 Å². The molecule has 3 nitrogen and oxygen atoms in total. The molecule has 13 heavy (non-hydrogen) atoms. The molecule has 0 aromatic rings. The number of nitrogens with one attached hydrogen (secondary N) is 1. The van der Waals surface area contributed by atoms with Crippen molar-refractivity contribution in [2.24, 2.45) is 5.41 Å². The van der Waals surface area contributed by atoms with Gasteiger partial charge in [0.25, 0.3) is 0 Å². The topological polar surface area (TPSA) is 38.3 Å². The van der Waals surface area contributed by atoms with Gasteiger partial charge in [-0.15, -0.1) is 0 Å². The second kappa shape index (κ2) is 4.61. The van der Waals surface area contributed by atoms with E-state index < -0.39 is 5.41 Å². The summed E-state index contributed by atoms with van der Waals surface area (Å²) in [7, 11) is 3.25. The highest BCUT2D eigenvalue weighted by molar-refractivity contribution is 5.77. The lowest BCUT2D eigenvalue weighted by Gasteiger charge is -2.38. The van der Waals surface area contributed by atoms with E-state index in [0.717, 1.165) is 0 Å². The number of ether oxygens (including phenoxy) is 1. The van der Waals surface area contributed by atoms with Crippen LogP contribution in [0.5, 0.6) is 0 Å².